The van der Waals surface area contributed by atoms with Crippen LogP contribution in [0.2, 0.25) is 0 Å². The predicted octanol–water partition coefficient (Wildman–Crippen LogP) is 2.73. The number of thiophene rings is 1. The summed E-state index contributed by atoms with van der Waals surface area (Å²) in [4.78, 5) is 15.3. The monoisotopic (exact) mass is 329 g/mol. The van der Waals surface area contributed by atoms with E-state index in [0.717, 1.165) is 29.2 Å². The van der Waals surface area contributed by atoms with Crippen LogP contribution in [0.15, 0.2) is 4.90 Å². The van der Waals surface area contributed by atoms with Crippen LogP contribution in [0, 0.1) is 0 Å². The Kier molecular flexibility index (Phi) is 5.40. The van der Waals surface area contributed by atoms with Crippen LogP contribution in [0.1, 0.15) is 28.9 Å². The van der Waals surface area contributed by atoms with Gasteiger partial charge in [-0.25, -0.2) is 0 Å². The van der Waals surface area contributed by atoms with Crippen molar-refractivity contribution in [3.63, 3.8) is 0 Å². The maximum absolute atomic E-state index is 12.2. The maximum Gasteiger partial charge on any atom is 0.265 e. The van der Waals surface area contributed by atoms with Crippen LogP contribution >= 0.6 is 23.1 Å². The number of nitrogens with one attached hydrogen (secondary N) is 1. The molecule has 1 amide bonds. The van der Waals surface area contributed by atoms with Gasteiger partial charge in [0.05, 0.1) is 22.7 Å². The number of nitrogens with two attached hydrogens (primary N) is 1. The molecule has 1 aromatic rings. The fourth-order valence-corrected chi connectivity index (χ4v) is 4.73. The van der Waals surface area contributed by atoms with E-state index in [4.69, 9.17) is 10.5 Å². The highest BCUT2D eigenvalue weighted by Gasteiger charge is 2.29. The molecule has 2 unspecified atom stereocenters. The fraction of sp³-hybridized carbons (Fsp3) is 0.643. The third kappa shape index (κ3) is 3.30. The van der Waals surface area contributed by atoms with Gasteiger partial charge >= 0.3 is 0 Å². The van der Waals surface area contributed by atoms with Crippen LogP contribution in [0.4, 0.5) is 10.7 Å². The van der Waals surface area contributed by atoms with Crippen molar-refractivity contribution in [1.82, 2.24) is 4.90 Å². The van der Waals surface area contributed by atoms with E-state index >= 15 is 0 Å². The Balaban J connectivity index is 2.27. The molecule has 7 heteroatoms. The number of thioether (sulfide) groups is 1. The zero-order valence-corrected chi connectivity index (χ0v) is 14.6. The van der Waals surface area contributed by atoms with Crippen LogP contribution in [-0.4, -0.2) is 50.4 Å². The largest absolute Gasteiger partial charge is 0.396 e. The number of anilines is 2. The van der Waals surface area contributed by atoms with Gasteiger partial charge in [0.15, 0.2) is 0 Å². The molecular formula is C14H23N3O2S2. The van der Waals surface area contributed by atoms with Crippen molar-refractivity contribution in [3.8, 4) is 0 Å². The summed E-state index contributed by atoms with van der Waals surface area (Å²) in [6.07, 6.45) is 5.54. The molecular weight excluding hydrogens is 306 g/mol. The molecule has 0 aliphatic heterocycles. The molecule has 3 N–H and O–H groups in total. The molecule has 0 bridgehead atoms. The van der Waals surface area contributed by atoms with E-state index in [1.54, 1.807) is 37.9 Å². The Bertz CT molecular complexity index is 517. The first kappa shape index (κ1) is 16.5. The molecule has 1 aromatic heterocycles. The number of ether oxygens (including phenoxy) is 1. The van der Waals surface area contributed by atoms with E-state index in [1.807, 2.05) is 6.26 Å². The Labute approximate surface area is 134 Å². The Morgan fingerprint density at radius 3 is 2.76 bits per heavy atom. The van der Waals surface area contributed by atoms with Crippen LogP contribution in [0.25, 0.3) is 0 Å². The second-order valence-electron chi connectivity index (χ2n) is 5.36. The zero-order valence-electron chi connectivity index (χ0n) is 12.9. The number of methoxy groups -OCH3 is 1. The first-order valence-electron chi connectivity index (χ1n) is 6.96. The molecule has 2 atom stereocenters. The van der Waals surface area contributed by atoms with Crippen molar-refractivity contribution >= 4 is 39.7 Å². The lowest BCUT2D eigenvalue weighted by Crippen LogP contribution is -2.29. The Morgan fingerprint density at radius 2 is 2.19 bits per heavy atom. The van der Waals surface area contributed by atoms with Crippen LogP contribution in [0.5, 0.6) is 0 Å². The second kappa shape index (κ2) is 6.89. The number of nitrogen functional groups attached to an aromatic ring is 1. The summed E-state index contributed by atoms with van der Waals surface area (Å²) in [6.45, 7) is 0. The molecule has 2 rings (SSSR count). The third-order valence-corrected chi connectivity index (χ3v) is 5.86. The minimum atomic E-state index is -0.0458. The number of rotatable bonds is 5. The smallest absolute Gasteiger partial charge is 0.265 e. The standard InChI is InChI=1S/C14H23N3O2S2/c1-17(2)14(18)12-10(15)11(20-4)13(21-12)16-8-6-5-7-9(8)19-3/h8-9,16H,5-7,15H2,1-4H3. The van der Waals surface area contributed by atoms with Gasteiger partial charge in [0.1, 0.15) is 9.88 Å². The van der Waals surface area contributed by atoms with Gasteiger partial charge in [0.2, 0.25) is 0 Å². The van der Waals surface area contributed by atoms with Crippen molar-refractivity contribution in [2.24, 2.45) is 0 Å². The van der Waals surface area contributed by atoms with Crippen molar-refractivity contribution in [3.05, 3.63) is 4.88 Å². The van der Waals surface area contributed by atoms with E-state index in [1.165, 1.54) is 11.3 Å². The number of nitrogens with zero attached hydrogens (tertiary/aromatic N) is 1. The normalized spacial score (nSPS) is 21.5. The van der Waals surface area contributed by atoms with Gasteiger partial charge in [-0.05, 0) is 25.5 Å². The Hall–Kier alpha value is -0.920. The summed E-state index contributed by atoms with van der Waals surface area (Å²) in [5, 5.41) is 4.52. The molecule has 1 aliphatic carbocycles. The minimum Gasteiger partial charge on any atom is -0.396 e. The molecule has 0 aromatic carbocycles. The van der Waals surface area contributed by atoms with Crippen LogP contribution < -0.4 is 11.1 Å². The lowest BCUT2D eigenvalue weighted by atomic mass is 10.2. The molecule has 1 heterocycles. The first-order chi connectivity index (χ1) is 9.99. The van der Waals surface area contributed by atoms with Gasteiger partial charge in [-0.2, -0.15) is 0 Å². The van der Waals surface area contributed by atoms with Crippen molar-refractivity contribution in [2.75, 3.05) is 38.5 Å². The van der Waals surface area contributed by atoms with Crippen molar-refractivity contribution < 1.29 is 9.53 Å². The molecule has 0 radical (unpaired) electrons. The van der Waals surface area contributed by atoms with Gasteiger partial charge in [-0.3, -0.25) is 4.79 Å². The number of hydrogen-bond donors (Lipinski definition) is 2. The summed E-state index contributed by atoms with van der Waals surface area (Å²) in [6, 6.07) is 0.293. The summed E-state index contributed by atoms with van der Waals surface area (Å²) < 4.78 is 5.52. The average Bonchev–Trinajstić information content (AvgIpc) is 3.02. The quantitative estimate of drug-likeness (QED) is 0.813. The lowest BCUT2D eigenvalue weighted by Gasteiger charge is -2.20. The lowest BCUT2D eigenvalue weighted by molar-refractivity contribution is 0.0833. The number of carbonyl (C=O) groups is 1. The summed E-state index contributed by atoms with van der Waals surface area (Å²) >= 11 is 3.02. The van der Waals surface area contributed by atoms with Gasteiger partial charge in [0, 0.05) is 21.2 Å². The first-order valence-corrected chi connectivity index (χ1v) is 9.01. The summed E-state index contributed by atoms with van der Waals surface area (Å²) in [5.74, 6) is -0.0458. The van der Waals surface area contributed by atoms with Gasteiger partial charge in [-0.1, -0.05) is 0 Å². The van der Waals surface area contributed by atoms with E-state index < -0.39 is 0 Å². The topological polar surface area (TPSA) is 67.6 Å². The molecule has 0 spiro atoms. The molecule has 1 fully saturated rings. The highest BCUT2D eigenvalue weighted by Crippen LogP contribution is 2.43. The Morgan fingerprint density at radius 1 is 1.48 bits per heavy atom. The van der Waals surface area contributed by atoms with Gasteiger partial charge in [-0.15, -0.1) is 23.1 Å². The molecule has 5 nitrogen and oxygen atoms in total. The van der Waals surface area contributed by atoms with Crippen LogP contribution in [-0.2, 0) is 4.74 Å². The highest BCUT2D eigenvalue weighted by atomic mass is 32.2. The maximum atomic E-state index is 12.2. The second-order valence-corrected chi connectivity index (χ2v) is 7.20. The summed E-state index contributed by atoms with van der Waals surface area (Å²) in [7, 11) is 5.24. The number of hydrogen-bond acceptors (Lipinski definition) is 6. The third-order valence-electron chi connectivity index (χ3n) is 3.78. The fourth-order valence-electron chi connectivity index (χ4n) is 2.63. The number of amides is 1. The zero-order chi connectivity index (χ0) is 15.6. The van der Waals surface area contributed by atoms with Crippen LogP contribution in [0.3, 0.4) is 0 Å². The predicted molar refractivity (Wildman–Crippen MR) is 90.6 cm³/mol. The molecule has 118 valence electrons. The summed E-state index contributed by atoms with van der Waals surface area (Å²) in [5.41, 5.74) is 6.75. The SMILES string of the molecule is COC1CCCC1Nc1sc(C(=O)N(C)C)c(N)c1SC. The van der Waals surface area contributed by atoms with E-state index in [0.29, 0.717) is 16.6 Å². The van der Waals surface area contributed by atoms with Crippen molar-refractivity contribution in [2.45, 2.75) is 36.3 Å². The average molecular weight is 329 g/mol. The van der Waals surface area contributed by atoms with Crippen molar-refractivity contribution in [1.29, 1.82) is 0 Å². The molecule has 21 heavy (non-hydrogen) atoms. The number of carbonyl (C=O) groups excluding carboxylic acids is 1. The van der Waals surface area contributed by atoms with Gasteiger partial charge in [0.25, 0.3) is 5.91 Å². The van der Waals surface area contributed by atoms with Gasteiger partial charge < -0.3 is 20.7 Å². The molecule has 0 saturated heterocycles. The van der Waals surface area contributed by atoms with E-state index in [2.05, 4.69) is 5.32 Å². The minimum absolute atomic E-state index is 0.0458. The van der Waals surface area contributed by atoms with E-state index in [-0.39, 0.29) is 12.0 Å². The van der Waals surface area contributed by atoms with E-state index in [9.17, 15) is 4.79 Å². The highest BCUT2D eigenvalue weighted by molar-refractivity contribution is 7.99. The molecule has 1 saturated carbocycles. The molecule has 1 aliphatic rings.